The summed E-state index contributed by atoms with van der Waals surface area (Å²) in [6.45, 7) is 7.99. The van der Waals surface area contributed by atoms with Gasteiger partial charge < -0.3 is 4.90 Å². The van der Waals surface area contributed by atoms with Crippen LogP contribution in [0, 0.1) is 0 Å². The van der Waals surface area contributed by atoms with Crippen LogP contribution in [-0.4, -0.2) is 33.7 Å². The van der Waals surface area contributed by atoms with Crippen LogP contribution in [0.3, 0.4) is 0 Å². The minimum absolute atomic E-state index is 0.0467. The number of rotatable bonds is 2. The molecule has 0 fully saturated rings. The van der Waals surface area contributed by atoms with Crippen LogP contribution in [0.2, 0.25) is 0 Å². The summed E-state index contributed by atoms with van der Waals surface area (Å²) < 4.78 is 1.71. The van der Waals surface area contributed by atoms with E-state index in [0.717, 1.165) is 31.6 Å². The summed E-state index contributed by atoms with van der Waals surface area (Å²) in [5, 5.41) is 4.41. The summed E-state index contributed by atoms with van der Waals surface area (Å²) in [5.41, 5.74) is 4.31. The van der Waals surface area contributed by atoms with E-state index in [0.29, 0.717) is 5.69 Å². The van der Waals surface area contributed by atoms with Crippen LogP contribution in [0.5, 0.6) is 0 Å². The topological polar surface area (TPSA) is 38.1 Å². The number of carbonyl (C=O) groups excluding carboxylic acids is 1. The molecule has 122 valence electrons. The first-order chi connectivity index (χ1) is 10.9. The highest BCUT2D eigenvalue weighted by Gasteiger charge is 2.32. The van der Waals surface area contributed by atoms with Gasteiger partial charge in [0.05, 0.1) is 5.69 Å². The van der Waals surface area contributed by atoms with Crippen molar-refractivity contribution < 1.29 is 4.79 Å². The average molecular weight is 311 g/mol. The van der Waals surface area contributed by atoms with Crippen LogP contribution in [0.25, 0.3) is 0 Å². The van der Waals surface area contributed by atoms with E-state index < -0.39 is 0 Å². The Hall–Kier alpha value is -2.10. The van der Waals surface area contributed by atoms with Gasteiger partial charge in [0.15, 0.2) is 0 Å². The fraction of sp³-hybridized carbons (Fsp3) is 0.474. The molecule has 3 rings (SSSR count). The predicted octanol–water partition coefficient (Wildman–Crippen LogP) is 2.96. The highest BCUT2D eigenvalue weighted by Crippen LogP contribution is 2.31. The molecule has 0 bridgehead atoms. The predicted molar refractivity (Wildman–Crippen MR) is 91.7 cm³/mol. The summed E-state index contributed by atoms with van der Waals surface area (Å²) in [6.07, 6.45) is 1.75. The van der Waals surface area contributed by atoms with Gasteiger partial charge in [-0.15, -0.1) is 0 Å². The second kappa shape index (κ2) is 5.84. The van der Waals surface area contributed by atoms with Crippen LogP contribution in [0.1, 0.15) is 48.1 Å². The van der Waals surface area contributed by atoms with Crippen LogP contribution in [0.4, 0.5) is 0 Å². The van der Waals surface area contributed by atoms with E-state index >= 15 is 0 Å². The van der Waals surface area contributed by atoms with E-state index in [1.54, 1.807) is 4.68 Å². The van der Waals surface area contributed by atoms with Crippen molar-refractivity contribution in [1.29, 1.82) is 0 Å². The molecule has 1 amide bonds. The minimum Gasteiger partial charge on any atom is -0.336 e. The lowest BCUT2D eigenvalue weighted by Gasteiger charge is -2.30. The van der Waals surface area contributed by atoms with E-state index in [1.807, 2.05) is 18.0 Å². The Balaban J connectivity index is 1.90. The summed E-state index contributed by atoms with van der Waals surface area (Å²) in [7, 11) is 1.85. The van der Waals surface area contributed by atoms with E-state index in [-0.39, 0.29) is 11.3 Å². The normalized spacial score (nSPS) is 16.8. The first kappa shape index (κ1) is 15.8. The molecule has 0 N–H and O–H groups in total. The van der Waals surface area contributed by atoms with Crippen LogP contribution in [-0.2, 0) is 25.3 Å². The van der Waals surface area contributed by atoms with Crippen LogP contribution < -0.4 is 0 Å². The number of hydrogen-bond acceptors (Lipinski definition) is 2. The molecule has 1 aliphatic rings. The van der Waals surface area contributed by atoms with Crippen molar-refractivity contribution in [3.8, 4) is 0 Å². The van der Waals surface area contributed by atoms with Crippen molar-refractivity contribution in [2.75, 3.05) is 13.1 Å². The highest BCUT2D eigenvalue weighted by molar-refractivity contribution is 5.93. The van der Waals surface area contributed by atoms with Gasteiger partial charge in [0.25, 0.3) is 5.91 Å². The number of amides is 1. The van der Waals surface area contributed by atoms with Crippen molar-refractivity contribution in [3.05, 3.63) is 52.8 Å². The Bertz CT molecular complexity index is 730. The number of nitrogens with zero attached hydrogens (tertiary/aromatic N) is 3. The molecule has 0 spiro atoms. The molecule has 4 nitrogen and oxygen atoms in total. The number of benzene rings is 1. The molecule has 0 saturated carbocycles. The summed E-state index contributed by atoms with van der Waals surface area (Å²) in [4.78, 5) is 15.0. The quantitative estimate of drug-likeness (QED) is 0.855. The van der Waals surface area contributed by atoms with E-state index in [1.165, 1.54) is 11.1 Å². The lowest BCUT2D eigenvalue weighted by atomic mass is 9.82. The molecule has 0 saturated heterocycles. The number of fused-ring (bicyclic) bond motifs is 1. The van der Waals surface area contributed by atoms with Crippen molar-refractivity contribution >= 4 is 5.91 Å². The third-order valence-corrected chi connectivity index (χ3v) is 4.78. The molecular weight excluding hydrogens is 286 g/mol. The Labute approximate surface area is 138 Å². The van der Waals surface area contributed by atoms with E-state index in [2.05, 4.69) is 50.1 Å². The maximum atomic E-state index is 13.0. The van der Waals surface area contributed by atoms with Crippen molar-refractivity contribution in [2.24, 2.45) is 7.05 Å². The Morgan fingerprint density at radius 2 is 2.04 bits per heavy atom. The van der Waals surface area contributed by atoms with Crippen LogP contribution >= 0.6 is 0 Å². The van der Waals surface area contributed by atoms with Gasteiger partial charge in [0.2, 0.25) is 0 Å². The second-order valence-electron chi connectivity index (χ2n) is 7.02. The van der Waals surface area contributed by atoms with Gasteiger partial charge in [-0.25, -0.2) is 0 Å². The van der Waals surface area contributed by atoms with Crippen LogP contribution in [0.15, 0.2) is 30.3 Å². The molecule has 1 aliphatic heterocycles. The lowest BCUT2D eigenvalue weighted by Crippen LogP contribution is -2.40. The molecule has 1 aromatic heterocycles. The first-order valence-corrected chi connectivity index (χ1v) is 8.33. The van der Waals surface area contributed by atoms with Crippen molar-refractivity contribution in [2.45, 2.75) is 39.0 Å². The van der Waals surface area contributed by atoms with Gasteiger partial charge in [-0.1, -0.05) is 45.0 Å². The molecule has 2 heterocycles. The Morgan fingerprint density at radius 1 is 1.30 bits per heavy atom. The van der Waals surface area contributed by atoms with Gasteiger partial charge >= 0.3 is 0 Å². The third kappa shape index (κ3) is 2.90. The number of hydrogen-bond donors (Lipinski definition) is 0. The second-order valence-corrected chi connectivity index (χ2v) is 7.02. The fourth-order valence-electron chi connectivity index (χ4n) is 3.53. The van der Waals surface area contributed by atoms with Gasteiger partial charge in [0.1, 0.15) is 5.69 Å². The Morgan fingerprint density at radius 3 is 2.74 bits per heavy atom. The fourth-order valence-corrected chi connectivity index (χ4v) is 3.53. The third-order valence-electron chi connectivity index (χ3n) is 4.78. The maximum absolute atomic E-state index is 13.0. The van der Waals surface area contributed by atoms with Gasteiger partial charge in [-0.2, -0.15) is 5.10 Å². The zero-order valence-corrected chi connectivity index (χ0v) is 14.5. The first-order valence-electron chi connectivity index (χ1n) is 8.33. The summed E-state index contributed by atoms with van der Waals surface area (Å²) in [5.74, 6) is 0.0839. The highest BCUT2D eigenvalue weighted by atomic mass is 16.2. The molecule has 0 aliphatic carbocycles. The SMILES string of the molecule is CCc1cc(C(=O)N2CCc3ccccc3C(C)(C)C2)n(C)n1. The number of aromatic nitrogens is 2. The standard InChI is InChI=1S/C19H25N3O/c1-5-15-12-17(21(4)20-15)18(23)22-11-10-14-8-6-7-9-16(14)19(2,3)13-22/h6-9,12H,5,10-11,13H2,1-4H3. The summed E-state index contributed by atoms with van der Waals surface area (Å²) >= 11 is 0. The van der Waals surface area contributed by atoms with Gasteiger partial charge in [-0.3, -0.25) is 9.48 Å². The molecule has 0 radical (unpaired) electrons. The number of carbonyl (C=O) groups is 1. The van der Waals surface area contributed by atoms with Gasteiger partial charge in [0, 0.05) is 25.6 Å². The molecule has 1 aromatic carbocycles. The smallest absolute Gasteiger partial charge is 0.272 e. The minimum atomic E-state index is -0.0467. The summed E-state index contributed by atoms with van der Waals surface area (Å²) in [6, 6.07) is 10.5. The monoisotopic (exact) mass is 311 g/mol. The molecule has 2 aromatic rings. The van der Waals surface area contributed by atoms with Crippen molar-refractivity contribution in [3.63, 3.8) is 0 Å². The molecule has 0 atom stereocenters. The van der Waals surface area contributed by atoms with Crippen molar-refractivity contribution in [1.82, 2.24) is 14.7 Å². The molecule has 4 heteroatoms. The number of aryl methyl sites for hydroxylation is 2. The maximum Gasteiger partial charge on any atom is 0.272 e. The molecule has 23 heavy (non-hydrogen) atoms. The Kier molecular flexibility index (Phi) is 4.00. The van der Waals surface area contributed by atoms with E-state index in [4.69, 9.17) is 0 Å². The average Bonchev–Trinajstić information content (AvgIpc) is 2.85. The van der Waals surface area contributed by atoms with E-state index in [9.17, 15) is 4.79 Å². The zero-order chi connectivity index (χ0) is 16.6. The zero-order valence-electron chi connectivity index (χ0n) is 14.5. The molecule has 0 unspecified atom stereocenters. The largest absolute Gasteiger partial charge is 0.336 e. The van der Waals surface area contributed by atoms with Gasteiger partial charge in [-0.05, 0) is 30.0 Å². The molecular formula is C19H25N3O. The lowest BCUT2D eigenvalue weighted by molar-refractivity contribution is 0.0721.